The van der Waals surface area contributed by atoms with Gasteiger partial charge in [-0.2, -0.15) is 0 Å². The van der Waals surface area contributed by atoms with Crippen LogP contribution in [0.1, 0.15) is 17.7 Å². The normalized spacial score (nSPS) is 11.3. The van der Waals surface area contributed by atoms with Crippen LogP contribution < -0.4 is 5.32 Å². The molecule has 0 fully saturated rings. The molecule has 0 radical (unpaired) electrons. The second kappa shape index (κ2) is 8.84. The monoisotopic (exact) mass is 398 g/mol. The van der Waals surface area contributed by atoms with Gasteiger partial charge in [0.1, 0.15) is 0 Å². The molecule has 0 saturated carbocycles. The molecular formula is C21H22N2O4S. The summed E-state index contributed by atoms with van der Waals surface area (Å²) in [6.45, 7) is 2.26. The summed E-state index contributed by atoms with van der Waals surface area (Å²) in [7, 11) is -3.46. The zero-order valence-corrected chi connectivity index (χ0v) is 16.4. The van der Waals surface area contributed by atoms with Crippen LogP contribution in [-0.4, -0.2) is 31.8 Å². The number of benzene rings is 2. The molecule has 0 aliphatic rings. The van der Waals surface area contributed by atoms with Crippen LogP contribution >= 0.6 is 0 Å². The highest BCUT2D eigenvalue weighted by Gasteiger charge is 2.16. The zero-order valence-electron chi connectivity index (χ0n) is 15.6. The van der Waals surface area contributed by atoms with E-state index in [2.05, 4.69) is 10.5 Å². The Morgan fingerprint density at radius 2 is 1.79 bits per heavy atom. The van der Waals surface area contributed by atoms with E-state index in [4.69, 9.17) is 4.52 Å². The maximum absolute atomic E-state index is 12.3. The highest BCUT2D eigenvalue weighted by atomic mass is 32.2. The minimum atomic E-state index is -3.46. The quantitative estimate of drug-likeness (QED) is 0.629. The van der Waals surface area contributed by atoms with E-state index in [-0.39, 0.29) is 23.0 Å². The first-order chi connectivity index (χ1) is 13.4. The minimum absolute atomic E-state index is 0.0791. The van der Waals surface area contributed by atoms with Crippen molar-refractivity contribution in [2.45, 2.75) is 24.7 Å². The number of aromatic nitrogens is 1. The third kappa shape index (κ3) is 5.29. The molecule has 1 heterocycles. The van der Waals surface area contributed by atoms with Gasteiger partial charge in [0.05, 0.1) is 16.3 Å². The molecule has 3 aromatic rings. The Hall–Kier alpha value is -2.93. The summed E-state index contributed by atoms with van der Waals surface area (Å²) >= 11 is 0. The number of hydrogen-bond acceptors (Lipinski definition) is 5. The minimum Gasteiger partial charge on any atom is -0.356 e. The Labute approximate surface area is 164 Å². The van der Waals surface area contributed by atoms with Gasteiger partial charge in [0.2, 0.25) is 5.91 Å². The summed E-state index contributed by atoms with van der Waals surface area (Å²) in [5.74, 6) is 0.151. The first-order valence-corrected chi connectivity index (χ1v) is 10.7. The van der Waals surface area contributed by atoms with Gasteiger partial charge in [0.25, 0.3) is 0 Å². The lowest BCUT2D eigenvalue weighted by atomic mass is 10.1. The molecule has 0 aliphatic carbocycles. The molecule has 0 spiro atoms. The Morgan fingerprint density at radius 3 is 2.50 bits per heavy atom. The Balaban J connectivity index is 1.45. The van der Waals surface area contributed by atoms with E-state index < -0.39 is 9.84 Å². The van der Waals surface area contributed by atoms with Crippen LogP contribution in [0.15, 0.2) is 70.1 Å². The topological polar surface area (TPSA) is 89.3 Å². The highest BCUT2D eigenvalue weighted by molar-refractivity contribution is 7.91. The van der Waals surface area contributed by atoms with Crippen molar-refractivity contribution in [1.29, 1.82) is 0 Å². The van der Waals surface area contributed by atoms with Crippen LogP contribution in [0.4, 0.5) is 0 Å². The van der Waals surface area contributed by atoms with Crippen LogP contribution in [0.25, 0.3) is 11.3 Å². The molecule has 3 rings (SSSR count). The molecule has 146 valence electrons. The molecule has 7 heteroatoms. The first-order valence-electron chi connectivity index (χ1n) is 9.01. The average molecular weight is 398 g/mol. The number of rotatable bonds is 8. The van der Waals surface area contributed by atoms with Gasteiger partial charge >= 0.3 is 0 Å². The zero-order chi connectivity index (χ0) is 20.0. The number of nitrogens with zero attached hydrogens (tertiary/aromatic N) is 1. The molecular weight excluding hydrogens is 376 g/mol. The SMILES string of the molecule is Cc1ccc(S(=O)(=O)CCC(=O)NCCc2cc(-c3ccccc3)on2)cc1. The molecule has 0 bridgehead atoms. The predicted octanol–water partition coefficient (Wildman–Crippen LogP) is 3.17. The van der Waals surface area contributed by atoms with Crippen molar-refractivity contribution in [1.82, 2.24) is 10.5 Å². The lowest BCUT2D eigenvalue weighted by Gasteiger charge is -2.06. The predicted molar refractivity (Wildman–Crippen MR) is 107 cm³/mol. The number of nitrogens with one attached hydrogen (secondary N) is 1. The number of carbonyl (C=O) groups is 1. The van der Waals surface area contributed by atoms with E-state index in [0.29, 0.717) is 18.7 Å². The van der Waals surface area contributed by atoms with Crippen molar-refractivity contribution in [2.24, 2.45) is 0 Å². The smallest absolute Gasteiger partial charge is 0.221 e. The van der Waals surface area contributed by atoms with Gasteiger partial charge in [-0.1, -0.05) is 53.2 Å². The average Bonchev–Trinajstić information content (AvgIpc) is 3.16. The van der Waals surface area contributed by atoms with Crippen LogP contribution in [0.2, 0.25) is 0 Å². The fourth-order valence-corrected chi connectivity index (χ4v) is 3.92. The van der Waals surface area contributed by atoms with Gasteiger partial charge in [-0.25, -0.2) is 8.42 Å². The largest absolute Gasteiger partial charge is 0.356 e. The molecule has 2 aromatic carbocycles. The van der Waals surface area contributed by atoms with Crippen molar-refractivity contribution < 1.29 is 17.7 Å². The van der Waals surface area contributed by atoms with E-state index in [1.165, 1.54) is 0 Å². The van der Waals surface area contributed by atoms with Gasteiger partial charge in [0.15, 0.2) is 15.6 Å². The first kappa shape index (κ1) is 19.8. The van der Waals surface area contributed by atoms with Crippen molar-refractivity contribution in [3.8, 4) is 11.3 Å². The third-order valence-electron chi connectivity index (χ3n) is 4.30. The molecule has 1 N–H and O–H groups in total. The van der Waals surface area contributed by atoms with Crippen LogP contribution in [0.5, 0.6) is 0 Å². The van der Waals surface area contributed by atoms with Crippen molar-refractivity contribution in [3.05, 3.63) is 71.9 Å². The third-order valence-corrected chi connectivity index (χ3v) is 6.03. The highest BCUT2D eigenvalue weighted by Crippen LogP contribution is 2.19. The number of sulfone groups is 1. The van der Waals surface area contributed by atoms with Crippen LogP contribution in [-0.2, 0) is 21.1 Å². The van der Waals surface area contributed by atoms with Gasteiger partial charge in [-0.15, -0.1) is 0 Å². The molecule has 0 atom stereocenters. The van der Waals surface area contributed by atoms with E-state index >= 15 is 0 Å². The van der Waals surface area contributed by atoms with Gasteiger partial charge < -0.3 is 9.84 Å². The van der Waals surface area contributed by atoms with E-state index in [0.717, 1.165) is 16.8 Å². The molecule has 1 amide bonds. The van der Waals surface area contributed by atoms with Crippen molar-refractivity contribution in [3.63, 3.8) is 0 Å². The molecule has 6 nitrogen and oxygen atoms in total. The van der Waals surface area contributed by atoms with Crippen molar-refractivity contribution >= 4 is 15.7 Å². The molecule has 28 heavy (non-hydrogen) atoms. The van der Waals surface area contributed by atoms with Crippen LogP contribution in [0, 0.1) is 6.92 Å². The molecule has 0 saturated heterocycles. The van der Waals surface area contributed by atoms with Crippen LogP contribution in [0.3, 0.4) is 0 Å². The number of amides is 1. The number of hydrogen-bond donors (Lipinski definition) is 1. The molecule has 0 aliphatic heterocycles. The van der Waals surface area contributed by atoms with Gasteiger partial charge in [-0.3, -0.25) is 4.79 Å². The summed E-state index contributed by atoms with van der Waals surface area (Å²) in [5.41, 5.74) is 2.65. The number of carbonyl (C=O) groups excluding carboxylic acids is 1. The Morgan fingerprint density at radius 1 is 1.07 bits per heavy atom. The standard InChI is InChI=1S/C21H22N2O4S/c1-16-7-9-19(10-8-16)28(25,26)14-12-21(24)22-13-11-18-15-20(27-23-18)17-5-3-2-4-6-17/h2-10,15H,11-14H2,1H3,(H,22,24). The van der Waals surface area contributed by atoms with E-state index in [1.54, 1.807) is 24.3 Å². The summed E-state index contributed by atoms with van der Waals surface area (Å²) < 4.78 is 29.9. The molecule has 1 aromatic heterocycles. The summed E-state index contributed by atoms with van der Waals surface area (Å²) in [5, 5.41) is 6.73. The van der Waals surface area contributed by atoms with Gasteiger partial charge in [0, 0.05) is 31.0 Å². The lowest BCUT2D eigenvalue weighted by molar-refractivity contribution is -0.120. The summed E-state index contributed by atoms with van der Waals surface area (Å²) in [4.78, 5) is 12.2. The fraction of sp³-hybridized carbons (Fsp3) is 0.238. The van der Waals surface area contributed by atoms with E-state index in [1.807, 2.05) is 43.3 Å². The Kier molecular flexibility index (Phi) is 6.26. The summed E-state index contributed by atoms with van der Waals surface area (Å²) in [6, 6.07) is 18.1. The maximum atomic E-state index is 12.3. The Bertz CT molecular complexity index is 1030. The van der Waals surface area contributed by atoms with Gasteiger partial charge in [-0.05, 0) is 19.1 Å². The lowest BCUT2D eigenvalue weighted by Crippen LogP contribution is -2.27. The molecule has 0 unspecified atom stereocenters. The second-order valence-corrected chi connectivity index (χ2v) is 8.64. The van der Waals surface area contributed by atoms with E-state index in [9.17, 15) is 13.2 Å². The maximum Gasteiger partial charge on any atom is 0.221 e. The summed E-state index contributed by atoms with van der Waals surface area (Å²) in [6.07, 6.45) is 0.428. The fourth-order valence-electron chi connectivity index (χ4n) is 2.68. The number of aryl methyl sites for hydroxylation is 1. The second-order valence-electron chi connectivity index (χ2n) is 6.53. The van der Waals surface area contributed by atoms with Crippen molar-refractivity contribution in [2.75, 3.05) is 12.3 Å².